The molecule has 0 aromatic rings. The molecule has 0 saturated carbocycles. The molecule has 20 atom stereocenters. The van der Waals surface area contributed by atoms with Crippen LogP contribution in [0.4, 0.5) is 0 Å². The van der Waals surface area contributed by atoms with E-state index in [4.69, 9.17) is 33.2 Å². The summed E-state index contributed by atoms with van der Waals surface area (Å²) < 4.78 is 37.5. The van der Waals surface area contributed by atoms with E-state index in [2.05, 4.69) is 0 Å². The molecule has 0 amide bonds. The molecule has 4 fully saturated rings. The van der Waals surface area contributed by atoms with Crippen LogP contribution in [0.15, 0.2) is 0 Å². The summed E-state index contributed by atoms with van der Waals surface area (Å²) in [4.78, 5) is 0. The van der Waals surface area contributed by atoms with Crippen molar-refractivity contribution in [1.29, 1.82) is 0 Å². The van der Waals surface area contributed by atoms with Crippen LogP contribution < -0.4 is 0 Å². The van der Waals surface area contributed by atoms with Crippen molar-refractivity contribution in [3.05, 3.63) is 0 Å². The van der Waals surface area contributed by atoms with Gasteiger partial charge < -0.3 is 105 Å². The van der Waals surface area contributed by atoms with Crippen molar-refractivity contribution in [3.63, 3.8) is 0 Å². The molecule has 0 bridgehead atoms. The first-order valence-electron chi connectivity index (χ1n) is 14.1. The largest absolute Gasteiger partial charge is 0.394 e. The summed E-state index contributed by atoms with van der Waals surface area (Å²) >= 11 is 0. The van der Waals surface area contributed by atoms with Gasteiger partial charge in [-0.3, -0.25) is 0 Å². The van der Waals surface area contributed by atoms with Crippen molar-refractivity contribution < 1.29 is 105 Å². The third-order valence-corrected chi connectivity index (χ3v) is 8.21. The Morgan fingerprint density at radius 3 is 1.02 bits per heavy atom. The summed E-state index contributed by atoms with van der Waals surface area (Å²) in [5, 5.41) is 143. The van der Waals surface area contributed by atoms with Crippen LogP contribution in [0.3, 0.4) is 0 Å². The van der Waals surface area contributed by atoms with E-state index in [1.165, 1.54) is 0 Å². The van der Waals surface area contributed by atoms with Crippen LogP contribution in [0.1, 0.15) is 0 Å². The molecule has 45 heavy (non-hydrogen) atoms. The normalized spacial score (nSPS) is 52.9. The Morgan fingerprint density at radius 2 is 0.644 bits per heavy atom. The summed E-state index contributed by atoms with van der Waals surface area (Å²) in [5.74, 6) is 0. The van der Waals surface area contributed by atoms with Gasteiger partial charge in [0.15, 0.2) is 25.2 Å². The molecule has 0 spiro atoms. The molecule has 21 heteroatoms. The Bertz CT molecular complexity index is 916. The van der Waals surface area contributed by atoms with E-state index in [0.29, 0.717) is 0 Å². The minimum Gasteiger partial charge on any atom is -0.394 e. The van der Waals surface area contributed by atoms with Crippen LogP contribution in [-0.2, 0) is 33.2 Å². The van der Waals surface area contributed by atoms with Gasteiger partial charge in [-0.2, -0.15) is 0 Å². The van der Waals surface area contributed by atoms with Crippen LogP contribution in [0.5, 0.6) is 0 Å². The quantitative estimate of drug-likeness (QED) is 0.103. The maximum atomic E-state index is 11.1. The van der Waals surface area contributed by atoms with Gasteiger partial charge in [-0.05, 0) is 0 Å². The summed E-state index contributed by atoms with van der Waals surface area (Å²) in [7, 11) is 0. The maximum Gasteiger partial charge on any atom is 0.187 e. The lowest BCUT2D eigenvalue weighted by atomic mass is 9.95. The molecule has 0 radical (unpaired) electrons. The van der Waals surface area contributed by atoms with Crippen LogP contribution in [0.2, 0.25) is 0 Å². The molecule has 4 aliphatic heterocycles. The van der Waals surface area contributed by atoms with E-state index in [1.54, 1.807) is 0 Å². The zero-order valence-corrected chi connectivity index (χ0v) is 23.5. The van der Waals surface area contributed by atoms with Crippen molar-refractivity contribution in [2.75, 3.05) is 26.4 Å². The van der Waals surface area contributed by atoms with E-state index in [9.17, 15) is 71.5 Å². The van der Waals surface area contributed by atoms with Crippen molar-refractivity contribution in [1.82, 2.24) is 0 Å². The molecule has 4 aliphatic rings. The Balaban J connectivity index is 1.53. The summed E-state index contributed by atoms with van der Waals surface area (Å²) in [6.45, 7) is -3.42. The number of ether oxygens (including phenoxy) is 7. The van der Waals surface area contributed by atoms with E-state index in [-0.39, 0.29) is 0 Å². The molecule has 4 rings (SSSR count). The highest BCUT2D eigenvalue weighted by molar-refractivity contribution is 4.97. The highest BCUT2D eigenvalue weighted by Gasteiger charge is 2.55. The number of aliphatic hydroxyl groups is 14. The van der Waals surface area contributed by atoms with Gasteiger partial charge in [0.05, 0.1) is 26.4 Å². The fourth-order valence-corrected chi connectivity index (χ4v) is 5.53. The SMILES string of the molecule is OCC1O[C@@H](O[C@@H]2C(O)[C@H](O[C@@H]3C(O)[C@H](O[C@@H]4C(O)[C@H](O)OC(CO)[C@H]4O)OC(CO)[C@H]3O)OC(CO)[C@H]2O)C(O)[C@@H](O)[C@@H]1O. The van der Waals surface area contributed by atoms with Gasteiger partial charge in [-0.15, -0.1) is 0 Å². The number of aliphatic hydroxyl groups excluding tert-OH is 14. The first-order valence-corrected chi connectivity index (χ1v) is 14.1. The maximum absolute atomic E-state index is 11.1. The monoisotopic (exact) mass is 666 g/mol. The minimum absolute atomic E-state index is 0.802. The third-order valence-electron chi connectivity index (χ3n) is 8.21. The Morgan fingerprint density at radius 1 is 0.333 bits per heavy atom. The van der Waals surface area contributed by atoms with Gasteiger partial charge in [-0.1, -0.05) is 0 Å². The lowest BCUT2D eigenvalue weighted by Gasteiger charge is -2.49. The van der Waals surface area contributed by atoms with Gasteiger partial charge in [0.2, 0.25) is 0 Å². The number of hydrogen-bond acceptors (Lipinski definition) is 21. The molecule has 0 aliphatic carbocycles. The van der Waals surface area contributed by atoms with Crippen molar-refractivity contribution in [2.45, 2.75) is 123 Å². The van der Waals surface area contributed by atoms with Crippen LogP contribution >= 0.6 is 0 Å². The zero-order valence-electron chi connectivity index (χ0n) is 23.5. The number of hydrogen-bond donors (Lipinski definition) is 14. The predicted octanol–water partition coefficient (Wildman–Crippen LogP) is -9.75. The summed E-state index contributed by atoms with van der Waals surface area (Å²) in [6.07, 6.45) is -36.1. The van der Waals surface area contributed by atoms with Gasteiger partial charge in [-0.25, -0.2) is 0 Å². The second-order valence-corrected chi connectivity index (χ2v) is 11.1. The van der Waals surface area contributed by atoms with Crippen LogP contribution in [0.25, 0.3) is 0 Å². The third kappa shape index (κ3) is 7.44. The summed E-state index contributed by atoms with van der Waals surface area (Å²) in [5.41, 5.74) is 0. The van der Waals surface area contributed by atoms with E-state index < -0.39 is 149 Å². The molecule has 8 unspecified atom stereocenters. The number of rotatable bonds is 10. The highest BCUT2D eigenvalue weighted by Crippen LogP contribution is 2.34. The van der Waals surface area contributed by atoms with Gasteiger partial charge >= 0.3 is 0 Å². The average molecular weight is 667 g/mol. The lowest BCUT2D eigenvalue weighted by Crippen LogP contribution is -2.67. The van der Waals surface area contributed by atoms with Crippen LogP contribution in [-0.4, -0.2) is 221 Å². The van der Waals surface area contributed by atoms with E-state index >= 15 is 0 Å². The smallest absolute Gasteiger partial charge is 0.187 e. The highest BCUT2D eigenvalue weighted by atomic mass is 16.8. The topological polar surface area (TPSA) is 348 Å². The molecule has 14 N–H and O–H groups in total. The fraction of sp³-hybridized carbons (Fsp3) is 1.00. The minimum atomic E-state index is -2.05. The molecule has 4 saturated heterocycles. The van der Waals surface area contributed by atoms with Crippen LogP contribution in [0, 0.1) is 0 Å². The molecule has 264 valence electrons. The first kappa shape index (κ1) is 37.0. The molecule has 21 nitrogen and oxygen atoms in total. The van der Waals surface area contributed by atoms with Crippen molar-refractivity contribution >= 4 is 0 Å². The Kier molecular flexibility index (Phi) is 12.8. The Labute approximate surface area is 254 Å². The molecule has 4 heterocycles. The second kappa shape index (κ2) is 15.6. The lowest BCUT2D eigenvalue weighted by molar-refractivity contribution is -0.389. The zero-order chi connectivity index (χ0) is 33.3. The standard InChI is InChI=1S/C24H42O21/c25-1-5-9(29)13(33)14(34)22(40-5)44-19-11(31)7(3-27)42-24(16(19)36)45-20-12(32)8(4-28)41-23(17(20)37)43-18-10(30)6(2-26)39-21(38)15(18)35/h5-38H,1-4H2/t5?,6?,7?,8?,9-,10-,11-,12-,13+,14?,15?,16?,17?,18+,19+,20+,21-,22+,23+,24+/m1/s1. The predicted molar refractivity (Wildman–Crippen MR) is 134 cm³/mol. The fourth-order valence-electron chi connectivity index (χ4n) is 5.53. The molecule has 0 aromatic carbocycles. The van der Waals surface area contributed by atoms with Gasteiger partial charge in [0.1, 0.15) is 97.7 Å². The van der Waals surface area contributed by atoms with E-state index in [1.807, 2.05) is 0 Å². The molecule has 0 aromatic heterocycles. The first-order chi connectivity index (χ1) is 21.3. The second-order valence-electron chi connectivity index (χ2n) is 11.1. The van der Waals surface area contributed by atoms with Gasteiger partial charge in [0.25, 0.3) is 0 Å². The van der Waals surface area contributed by atoms with Crippen molar-refractivity contribution in [2.24, 2.45) is 0 Å². The average Bonchev–Trinajstić information content (AvgIpc) is 3.02. The Hall–Kier alpha value is -0.840. The summed E-state index contributed by atoms with van der Waals surface area (Å²) in [6, 6.07) is 0. The van der Waals surface area contributed by atoms with Gasteiger partial charge in [0, 0.05) is 0 Å². The molecular formula is C24H42O21. The van der Waals surface area contributed by atoms with Crippen molar-refractivity contribution in [3.8, 4) is 0 Å². The molecular weight excluding hydrogens is 624 g/mol. The van der Waals surface area contributed by atoms with E-state index in [0.717, 1.165) is 0 Å².